The summed E-state index contributed by atoms with van der Waals surface area (Å²) in [6.45, 7) is 6.35. The van der Waals surface area contributed by atoms with Gasteiger partial charge in [-0.15, -0.1) is 11.8 Å². The minimum Gasteiger partial charge on any atom is -0.387 e. The van der Waals surface area contributed by atoms with Gasteiger partial charge in [-0.2, -0.15) is 0 Å². The summed E-state index contributed by atoms with van der Waals surface area (Å²) in [6, 6.07) is 15.2. The molecule has 0 aromatic heterocycles. The van der Waals surface area contributed by atoms with Crippen LogP contribution in [0.4, 0.5) is 0 Å². The number of rotatable bonds is 6. The second kappa shape index (κ2) is 8.18. The van der Waals surface area contributed by atoms with E-state index in [9.17, 15) is 9.90 Å². The van der Waals surface area contributed by atoms with Gasteiger partial charge < -0.3 is 10.4 Å². The Morgan fingerprint density at radius 1 is 1.13 bits per heavy atom. The molecule has 0 bridgehead atoms. The average Bonchev–Trinajstić information content (AvgIpc) is 2.52. The van der Waals surface area contributed by atoms with Crippen LogP contribution in [0.15, 0.2) is 53.4 Å². The highest BCUT2D eigenvalue weighted by Crippen LogP contribution is 2.26. The number of benzene rings is 2. The van der Waals surface area contributed by atoms with Crippen LogP contribution in [-0.4, -0.2) is 22.8 Å². The number of carbonyl (C=O) groups is 1. The van der Waals surface area contributed by atoms with Gasteiger partial charge >= 0.3 is 0 Å². The molecule has 23 heavy (non-hydrogen) atoms. The topological polar surface area (TPSA) is 49.3 Å². The van der Waals surface area contributed by atoms with Crippen molar-refractivity contribution in [3.05, 3.63) is 65.2 Å². The molecule has 1 amide bonds. The first-order valence-corrected chi connectivity index (χ1v) is 8.64. The van der Waals surface area contributed by atoms with E-state index in [2.05, 4.69) is 19.2 Å². The summed E-state index contributed by atoms with van der Waals surface area (Å²) in [5.41, 5.74) is 2.52. The smallest absolute Gasteiger partial charge is 0.252 e. The molecule has 1 atom stereocenters. The third-order valence-electron chi connectivity index (χ3n) is 3.50. The summed E-state index contributed by atoms with van der Waals surface area (Å²) in [6.07, 6.45) is -0.704. The number of aliphatic hydroxyl groups excluding tert-OH is 1. The molecule has 122 valence electrons. The molecular weight excluding hydrogens is 306 g/mol. The van der Waals surface area contributed by atoms with Crippen LogP contribution in [0.1, 0.15) is 41.4 Å². The Morgan fingerprint density at radius 3 is 2.48 bits per heavy atom. The van der Waals surface area contributed by atoms with Crippen LogP contribution in [0, 0.1) is 6.92 Å². The number of carbonyl (C=O) groups excluding carboxylic acids is 1. The Bertz CT molecular complexity index is 670. The maximum absolute atomic E-state index is 12.4. The van der Waals surface area contributed by atoms with Gasteiger partial charge in [0.2, 0.25) is 0 Å². The highest BCUT2D eigenvalue weighted by atomic mass is 32.2. The predicted molar refractivity (Wildman–Crippen MR) is 95.9 cm³/mol. The lowest BCUT2D eigenvalue weighted by Gasteiger charge is -2.16. The molecule has 0 radical (unpaired) electrons. The standard InChI is InChI=1S/C19H23NO2S/c1-13(2)23-18-11-7-6-10-16(18)19(22)20-12-17(21)15-9-5-4-8-14(15)3/h4-11,13,17,21H,12H2,1-3H3,(H,20,22). The third kappa shape index (κ3) is 4.85. The van der Waals surface area contributed by atoms with Gasteiger partial charge in [0.25, 0.3) is 5.91 Å². The van der Waals surface area contributed by atoms with E-state index < -0.39 is 6.10 Å². The lowest BCUT2D eigenvalue weighted by molar-refractivity contribution is 0.0913. The van der Waals surface area contributed by atoms with Crippen LogP contribution in [0.3, 0.4) is 0 Å². The number of nitrogens with one attached hydrogen (secondary N) is 1. The van der Waals surface area contributed by atoms with Crippen LogP contribution in [0.5, 0.6) is 0 Å². The molecular formula is C19H23NO2S. The molecule has 2 N–H and O–H groups in total. The van der Waals surface area contributed by atoms with Crippen LogP contribution in [0.2, 0.25) is 0 Å². The number of hydrogen-bond acceptors (Lipinski definition) is 3. The molecule has 4 heteroatoms. The zero-order valence-electron chi connectivity index (χ0n) is 13.7. The van der Waals surface area contributed by atoms with E-state index in [-0.39, 0.29) is 12.5 Å². The fourth-order valence-electron chi connectivity index (χ4n) is 2.37. The van der Waals surface area contributed by atoms with Gasteiger partial charge in [-0.1, -0.05) is 50.2 Å². The van der Waals surface area contributed by atoms with Gasteiger partial charge in [0.15, 0.2) is 0 Å². The number of aryl methyl sites for hydroxylation is 1. The number of hydrogen-bond donors (Lipinski definition) is 2. The molecule has 3 nitrogen and oxygen atoms in total. The van der Waals surface area contributed by atoms with Crippen molar-refractivity contribution >= 4 is 17.7 Å². The van der Waals surface area contributed by atoms with Crippen molar-refractivity contribution < 1.29 is 9.90 Å². The summed E-state index contributed by atoms with van der Waals surface area (Å²) < 4.78 is 0. The number of amides is 1. The molecule has 1 unspecified atom stereocenters. The normalized spacial score (nSPS) is 12.2. The minimum atomic E-state index is -0.704. The van der Waals surface area contributed by atoms with E-state index in [1.807, 2.05) is 55.5 Å². The summed E-state index contributed by atoms with van der Waals surface area (Å²) in [5, 5.41) is 13.5. The Kier molecular flexibility index (Phi) is 6.25. The maximum Gasteiger partial charge on any atom is 0.252 e. The first-order chi connectivity index (χ1) is 11.0. The zero-order chi connectivity index (χ0) is 16.8. The van der Waals surface area contributed by atoms with Crippen molar-refractivity contribution in [2.45, 2.75) is 37.0 Å². The van der Waals surface area contributed by atoms with Crippen LogP contribution in [-0.2, 0) is 0 Å². The van der Waals surface area contributed by atoms with Crippen molar-refractivity contribution in [2.24, 2.45) is 0 Å². The lowest BCUT2D eigenvalue weighted by Crippen LogP contribution is -2.29. The van der Waals surface area contributed by atoms with E-state index in [0.717, 1.165) is 16.0 Å². The molecule has 2 aromatic carbocycles. The Hall–Kier alpha value is -1.78. The van der Waals surface area contributed by atoms with E-state index in [1.165, 1.54) is 0 Å². The molecule has 2 rings (SSSR count). The summed E-state index contributed by atoms with van der Waals surface area (Å²) >= 11 is 1.66. The van der Waals surface area contributed by atoms with Crippen molar-refractivity contribution in [1.82, 2.24) is 5.32 Å². The SMILES string of the molecule is Cc1ccccc1C(O)CNC(=O)c1ccccc1SC(C)C. The molecule has 0 aliphatic rings. The molecule has 0 aliphatic carbocycles. The molecule has 0 aliphatic heterocycles. The summed E-state index contributed by atoms with van der Waals surface area (Å²) in [4.78, 5) is 13.4. The van der Waals surface area contributed by atoms with Gasteiger partial charge in [-0.25, -0.2) is 0 Å². The Balaban J connectivity index is 2.04. The van der Waals surface area contributed by atoms with E-state index in [1.54, 1.807) is 11.8 Å². The Morgan fingerprint density at radius 2 is 1.78 bits per heavy atom. The van der Waals surface area contributed by atoms with Crippen molar-refractivity contribution in [3.8, 4) is 0 Å². The van der Waals surface area contributed by atoms with Crippen molar-refractivity contribution in [2.75, 3.05) is 6.54 Å². The zero-order valence-corrected chi connectivity index (χ0v) is 14.6. The molecule has 0 heterocycles. The van der Waals surface area contributed by atoms with Gasteiger partial charge in [0, 0.05) is 16.7 Å². The van der Waals surface area contributed by atoms with E-state index in [4.69, 9.17) is 0 Å². The summed E-state index contributed by atoms with van der Waals surface area (Å²) in [7, 11) is 0. The fraction of sp³-hybridized carbons (Fsp3) is 0.316. The highest BCUT2D eigenvalue weighted by Gasteiger charge is 2.15. The van der Waals surface area contributed by atoms with Gasteiger partial charge in [-0.3, -0.25) is 4.79 Å². The first-order valence-electron chi connectivity index (χ1n) is 7.76. The van der Waals surface area contributed by atoms with Gasteiger partial charge in [0.05, 0.1) is 11.7 Å². The number of aliphatic hydroxyl groups is 1. The monoisotopic (exact) mass is 329 g/mol. The second-order valence-electron chi connectivity index (χ2n) is 5.75. The number of thioether (sulfide) groups is 1. The molecule has 0 saturated carbocycles. The van der Waals surface area contributed by atoms with Crippen LogP contribution >= 0.6 is 11.8 Å². The highest BCUT2D eigenvalue weighted by molar-refractivity contribution is 8.00. The molecule has 0 fully saturated rings. The second-order valence-corrected chi connectivity index (χ2v) is 7.36. The molecule has 0 saturated heterocycles. The molecule has 2 aromatic rings. The maximum atomic E-state index is 12.4. The fourth-order valence-corrected chi connectivity index (χ4v) is 3.32. The molecule has 0 spiro atoms. The lowest BCUT2D eigenvalue weighted by atomic mass is 10.0. The van der Waals surface area contributed by atoms with Crippen molar-refractivity contribution in [1.29, 1.82) is 0 Å². The van der Waals surface area contributed by atoms with Gasteiger partial charge in [0.1, 0.15) is 0 Å². The van der Waals surface area contributed by atoms with E-state index in [0.29, 0.717) is 10.8 Å². The first kappa shape index (κ1) is 17.6. The quantitative estimate of drug-likeness (QED) is 0.789. The predicted octanol–water partition coefficient (Wildman–Crippen LogP) is 3.96. The largest absolute Gasteiger partial charge is 0.387 e. The minimum absolute atomic E-state index is 0.151. The van der Waals surface area contributed by atoms with Crippen LogP contribution < -0.4 is 5.32 Å². The third-order valence-corrected chi connectivity index (χ3v) is 4.58. The van der Waals surface area contributed by atoms with Crippen LogP contribution in [0.25, 0.3) is 0 Å². The Labute approximate surface area is 142 Å². The average molecular weight is 329 g/mol. The summed E-state index contributed by atoms with van der Waals surface area (Å²) in [5.74, 6) is -0.151. The van der Waals surface area contributed by atoms with Gasteiger partial charge in [-0.05, 0) is 30.2 Å². The van der Waals surface area contributed by atoms with E-state index >= 15 is 0 Å². The van der Waals surface area contributed by atoms with Crippen molar-refractivity contribution in [3.63, 3.8) is 0 Å².